The molecule has 30 heavy (non-hydrogen) atoms. The molecule has 1 saturated carbocycles. The summed E-state index contributed by atoms with van der Waals surface area (Å²) in [4.78, 5) is 12.8. The lowest BCUT2D eigenvalue weighted by Crippen LogP contribution is -2.17. The van der Waals surface area contributed by atoms with Gasteiger partial charge in [-0.1, -0.05) is 48.3 Å². The molecule has 1 aromatic heterocycles. The number of carbonyl (C=O) groups excluding carboxylic acids is 1. The first-order chi connectivity index (χ1) is 14.5. The third-order valence-corrected chi connectivity index (χ3v) is 6.70. The number of benzene rings is 2. The molecule has 8 heteroatoms. The van der Waals surface area contributed by atoms with Crippen LogP contribution in [0.4, 0.5) is 8.78 Å². The van der Waals surface area contributed by atoms with E-state index in [1.165, 1.54) is 11.8 Å². The molecule has 0 aliphatic heterocycles. The van der Waals surface area contributed by atoms with E-state index in [0.717, 1.165) is 49.4 Å². The number of hydrogen-bond donors (Lipinski definition) is 0. The highest BCUT2D eigenvalue weighted by molar-refractivity contribution is 8.00. The van der Waals surface area contributed by atoms with Crippen molar-refractivity contribution < 1.29 is 13.6 Å². The van der Waals surface area contributed by atoms with E-state index in [-0.39, 0.29) is 11.6 Å². The van der Waals surface area contributed by atoms with E-state index >= 15 is 0 Å². The summed E-state index contributed by atoms with van der Waals surface area (Å²) in [5, 5.41) is 9.19. The molecule has 1 atom stereocenters. The Bertz CT molecular complexity index is 1080. The van der Waals surface area contributed by atoms with Crippen molar-refractivity contribution in [1.29, 1.82) is 0 Å². The van der Waals surface area contributed by atoms with Crippen LogP contribution < -0.4 is 0 Å². The van der Waals surface area contributed by atoms with E-state index in [1.807, 2.05) is 22.8 Å². The maximum atomic E-state index is 14.1. The molecule has 0 spiro atoms. The number of nitrogens with zero attached hydrogens (tertiary/aromatic N) is 3. The highest BCUT2D eigenvalue weighted by Crippen LogP contribution is 2.39. The third kappa shape index (κ3) is 4.14. The highest BCUT2D eigenvalue weighted by Gasteiger charge is 2.29. The monoisotopic (exact) mass is 447 g/mol. The number of halogens is 3. The number of hydrogen-bond acceptors (Lipinski definition) is 4. The van der Waals surface area contributed by atoms with Crippen LogP contribution in [0.25, 0.3) is 11.4 Å². The van der Waals surface area contributed by atoms with Gasteiger partial charge in [0.1, 0.15) is 11.6 Å². The Hall–Kier alpha value is -2.25. The summed E-state index contributed by atoms with van der Waals surface area (Å²) >= 11 is 7.60. The predicted octanol–water partition coefficient (Wildman–Crippen LogP) is 6.36. The molecule has 4 nitrogen and oxygen atoms in total. The fourth-order valence-corrected chi connectivity index (χ4v) is 5.00. The number of ketones is 1. The van der Waals surface area contributed by atoms with Gasteiger partial charge < -0.3 is 0 Å². The molecule has 0 amide bonds. The van der Waals surface area contributed by atoms with E-state index in [1.54, 1.807) is 13.0 Å². The standard InChI is InChI=1S/C22H20ClF2N3OS/c1-13(20(29)17-12-14(24)10-11-19(17)25)30-22-27-26-21(16-8-4-5-9-18(16)23)28(22)15-6-2-3-7-15/h4-5,8-13,15H,2-3,6-7H2,1H3. The van der Waals surface area contributed by atoms with Gasteiger partial charge in [0.2, 0.25) is 0 Å². The molecule has 1 heterocycles. The summed E-state index contributed by atoms with van der Waals surface area (Å²) < 4.78 is 29.6. The quantitative estimate of drug-likeness (QED) is 0.326. The van der Waals surface area contributed by atoms with Crippen molar-refractivity contribution in [2.24, 2.45) is 0 Å². The van der Waals surface area contributed by atoms with Gasteiger partial charge in [0.25, 0.3) is 0 Å². The topological polar surface area (TPSA) is 47.8 Å². The van der Waals surface area contributed by atoms with Crippen molar-refractivity contribution >= 4 is 29.1 Å². The Balaban J connectivity index is 1.68. The van der Waals surface area contributed by atoms with Crippen molar-refractivity contribution in [3.05, 3.63) is 64.7 Å². The first kappa shape index (κ1) is 21.0. The summed E-state index contributed by atoms with van der Waals surface area (Å²) in [5.74, 6) is -1.21. The zero-order valence-electron chi connectivity index (χ0n) is 16.3. The second-order valence-corrected chi connectivity index (χ2v) is 9.06. The predicted molar refractivity (Wildman–Crippen MR) is 114 cm³/mol. The van der Waals surface area contributed by atoms with Crippen molar-refractivity contribution in [2.75, 3.05) is 0 Å². The molecule has 156 valence electrons. The van der Waals surface area contributed by atoms with Crippen LogP contribution in [0.15, 0.2) is 47.6 Å². The van der Waals surface area contributed by atoms with Gasteiger partial charge in [-0.15, -0.1) is 10.2 Å². The molecule has 0 N–H and O–H groups in total. The van der Waals surface area contributed by atoms with E-state index in [2.05, 4.69) is 10.2 Å². The van der Waals surface area contributed by atoms with E-state index in [0.29, 0.717) is 16.0 Å². The summed E-state index contributed by atoms with van der Waals surface area (Å²) in [6.07, 6.45) is 4.20. The van der Waals surface area contributed by atoms with Gasteiger partial charge in [0, 0.05) is 11.6 Å². The Morgan fingerprint density at radius 3 is 2.63 bits per heavy atom. The molecule has 0 radical (unpaired) electrons. The number of carbonyl (C=O) groups is 1. The lowest BCUT2D eigenvalue weighted by atomic mass is 10.1. The number of thioether (sulfide) groups is 1. The average Bonchev–Trinajstić information content (AvgIpc) is 3.39. The molecular formula is C22H20ClF2N3OS. The van der Waals surface area contributed by atoms with Crippen molar-refractivity contribution in [3.8, 4) is 11.4 Å². The second-order valence-electron chi connectivity index (χ2n) is 7.34. The molecule has 2 aromatic carbocycles. The molecular weight excluding hydrogens is 428 g/mol. The van der Waals surface area contributed by atoms with Gasteiger partial charge in [-0.3, -0.25) is 9.36 Å². The molecule has 0 bridgehead atoms. The lowest BCUT2D eigenvalue weighted by molar-refractivity contribution is 0.0989. The third-order valence-electron chi connectivity index (χ3n) is 5.31. The normalized spacial score (nSPS) is 15.5. The van der Waals surface area contributed by atoms with Crippen LogP contribution in [-0.2, 0) is 0 Å². The van der Waals surface area contributed by atoms with Gasteiger partial charge in [0.05, 0.1) is 15.8 Å². The number of Topliss-reactive ketones (excluding diaryl/α,β-unsaturated/α-hetero) is 1. The van der Waals surface area contributed by atoms with Crippen LogP contribution >= 0.6 is 23.4 Å². The Morgan fingerprint density at radius 1 is 1.17 bits per heavy atom. The minimum absolute atomic E-state index is 0.210. The van der Waals surface area contributed by atoms with Gasteiger partial charge in [-0.2, -0.15) is 0 Å². The summed E-state index contributed by atoms with van der Waals surface area (Å²) in [6, 6.07) is 10.5. The second kappa shape index (κ2) is 8.86. The summed E-state index contributed by atoms with van der Waals surface area (Å²) in [5.41, 5.74) is 0.522. The molecule has 1 aliphatic rings. The number of aromatic nitrogens is 3. The van der Waals surface area contributed by atoms with Crippen molar-refractivity contribution in [3.63, 3.8) is 0 Å². The minimum Gasteiger partial charge on any atom is -0.299 e. The smallest absolute Gasteiger partial charge is 0.192 e. The van der Waals surface area contributed by atoms with E-state index in [4.69, 9.17) is 11.6 Å². The maximum absolute atomic E-state index is 14.1. The molecule has 1 fully saturated rings. The average molecular weight is 448 g/mol. The van der Waals surface area contributed by atoms with Gasteiger partial charge in [-0.25, -0.2) is 8.78 Å². The first-order valence-electron chi connectivity index (χ1n) is 9.81. The highest BCUT2D eigenvalue weighted by atomic mass is 35.5. The van der Waals surface area contributed by atoms with E-state index < -0.39 is 22.7 Å². The zero-order valence-corrected chi connectivity index (χ0v) is 17.9. The first-order valence-corrected chi connectivity index (χ1v) is 11.1. The molecule has 3 aromatic rings. The molecule has 4 rings (SSSR count). The fraction of sp³-hybridized carbons (Fsp3) is 0.318. The van der Waals surface area contributed by atoms with Crippen molar-refractivity contribution in [2.45, 2.75) is 49.1 Å². The molecule has 1 aliphatic carbocycles. The SMILES string of the molecule is CC(Sc1nnc(-c2ccccc2Cl)n1C1CCCC1)C(=O)c1cc(F)ccc1F. The summed E-state index contributed by atoms with van der Waals surface area (Å²) in [6.45, 7) is 1.67. The Morgan fingerprint density at radius 2 is 1.90 bits per heavy atom. The summed E-state index contributed by atoms with van der Waals surface area (Å²) in [7, 11) is 0. The van der Waals surface area contributed by atoms with Crippen LogP contribution in [0.5, 0.6) is 0 Å². The van der Waals surface area contributed by atoms with Crippen LogP contribution in [0.2, 0.25) is 5.02 Å². The number of rotatable bonds is 6. The van der Waals surface area contributed by atoms with Crippen molar-refractivity contribution in [1.82, 2.24) is 14.8 Å². The fourth-order valence-electron chi connectivity index (χ4n) is 3.79. The molecule has 1 unspecified atom stereocenters. The van der Waals surface area contributed by atoms with Crippen LogP contribution in [0, 0.1) is 11.6 Å². The molecule has 0 saturated heterocycles. The van der Waals surface area contributed by atoms with Crippen LogP contribution in [0.1, 0.15) is 49.0 Å². The zero-order chi connectivity index (χ0) is 21.3. The largest absolute Gasteiger partial charge is 0.299 e. The van der Waals surface area contributed by atoms with Gasteiger partial charge in [-0.05, 0) is 50.1 Å². The Labute approximate surface area is 182 Å². The van der Waals surface area contributed by atoms with Gasteiger partial charge in [0.15, 0.2) is 16.8 Å². The van der Waals surface area contributed by atoms with Crippen LogP contribution in [-0.4, -0.2) is 25.8 Å². The van der Waals surface area contributed by atoms with Gasteiger partial charge >= 0.3 is 0 Å². The maximum Gasteiger partial charge on any atom is 0.192 e. The minimum atomic E-state index is -0.733. The Kier molecular flexibility index (Phi) is 6.20. The van der Waals surface area contributed by atoms with E-state index in [9.17, 15) is 13.6 Å². The van der Waals surface area contributed by atoms with Crippen LogP contribution in [0.3, 0.4) is 0 Å². The lowest BCUT2D eigenvalue weighted by Gasteiger charge is -2.18.